The van der Waals surface area contributed by atoms with Crippen LogP contribution in [0.25, 0.3) is 0 Å². The number of amides is 3. The van der Waals surface area contributed by atoms with Gasteiger partial charge in [0.15, 0.2) is 5.78 Å². The summed E-state index contributed by atoms with van der Waals surface area (Å²) in [7, 11) is 0. The van der Waals surface area contributed by atoms with E-state index in [0.29, 0.717) is 49.4 Å². The van der Waals surface area contributed by atoms with Gasteiger partial charge in [-0.15, -0.1) is 0 Å². The Morgan fingerprint density at radius 1 is 0.893 bits per heavy atom. The smallest absolute Gasteiger partial charge is 0.317 e. The second-order valence-corrected chi connectivity index (χ2v) is 7.41. The van der Waals surface area contributed by atoms with Crippen LogP contribution in [0.5, 0.6) is 0 Å². The first-order valence-electron chi connectivity index (χ1n) is 9.22. The molecule has 0 radical (unpaired) electrons. The molecule has 1 fully saturated rings. The first-order valence-corrected chi connectivity index (χ1v) is 10.0. The zero-order valence-corrected chi connectivity index (χ0v) is 17.2. The zero-order valence-electron chi connectivity index (χ0n) is 15.7. The number of nitrogens with one attached hydrogen (secondary N) is 1. The van der Waals surface area contributed by atoms with Crippen molar-refractivity contribution in [2.45, 2.75) is 6.92 Å². The van der Waals surface area contributed by atoms with Gasteiger partial charge >= 0.3 is 6.03 Å². The fourth-order valence-corrected chi connectivity index (χ4v) is 3.43. The maximum Gasteiger partial charge on any atom is 0.317 e. The molecule has 0 atom stereocenters. The number of halogens is 1. The van der Waals surface area contributed by atoms with E-state index in [-0.39, 0.29) is 17.7 Å². The molecular weight excluding hydrogens is 422 g/mol. The second-order valence-electron chi connectivity index (χ2n) is 6.50. The lowest BCUT2D eigenvalue weighted by atomic mass is 9.97. The van der Waals surface area contributed by atoms with E-state index < -0.39 is 0 Å². The second kappa shape index (κ2) is 9.01. The molecule has 1 saturated heterocycles. The SMILES string of the molecule is CCNC(=O)N1CCN(C(=O)c2ccccc2C(=O)c2ccc(Br)cc2)CC1. The molecule has 146 valence electrons. The molecule has 0 aliphatic carbocycles. The molecule has 1 aliphatic heterocycles. The van der Waals surface area contributed by atoms with Gasteiger partial charge in [0.25, 0.3) is 5.91 Å². The standard InChI is InChI=1S/C21H22BrN3O3/c1-2-23-21(28)25-13-11-24(12-14-25)20(27)18-6-4-3-5-17(18)19(26)15-7-9-16(22)10-8-15/h3-10H,2,11-14H2,1H3,(H,23,28). The van der Waals surface area contributed by atoms with E-state index in [9.17, 15) is 14.4 Å². The van der Waals surface area contributed by atoms with Crippen LogP contribution >= 0.6 is 15.9 Å². The summed E-state index contributed by atoms with van der Waals surface area (Å²) in [6.07, 6.45) is 0. The number of urea groups is 1. The first-order chi connectivity index (χ1) is 13.5. The lowest BCUT2D eigenvalue weighted by Gasteiger charge is -2.35. The molecule has 6 nitrogen and oxygen atoms in total. The highest BCUT2D eigenvalue weighted by Gasteiger charge is 2.27. The fraction of sp³-hybridized carbons (Fsp3) is 0.286. The van der Waals surface area contributed by atoms with E-state index in [1.165, 1.54) is 0 Å². The molecule has 7 heteroatoms. The van der Waals surface area contributed by atoms with Crippen LogP contribution in [-0.2, 0) is 0 Å². The molecule has 0 saturated carbocycles. The van der Waals surface area contributed by atoms with Crippen molar-refractivity contribution >= 4 is 33.7 Å². The number of rotatable bonds is 4. The van der Waals surface area contributed by atoms with E-state index >= 15 is 0 Å². The average Bonchev–Trinajstić information content (AvgIpc) is 2.73. The molecule has 3 amide bonds. The van der Waals surface area contributed by atoms with E-state index in [1.54, 1.807) is 58.3 Å². The number of hydrogen-bond acceptors (Lipinski definition) is 3. The molecule has 1 aliphatic rings. The maximum atomic E-state index is 13.1. The zero-order chi connectivity index (χ0) is 20.1. The topological polar surface area (TPSA) is 69.7 Å². The third-order valence-electron chi connectivity index (χ3n) is 4.69. The lowest BCUT2D eigenvalue weighted by Crippen LogP contribution is -2.53. The summed E-state index contributed by atoms with van der Waals surface area (Å²) >= 11 is 3.36. The van der Waals surface area contributed by atoms with Crippen molar-refractivity contribution in [2.24, 2.45) is 0 Å². The maximum absolute atomic E-state index is 13.1. The molecule has 1 N–H and O–H groups in total. The van der Waals surface area contributed by atoms with Gasteiger partial charge in [-0.3, -0.25) is 9.59 Å². The summed E-state index contributed by atoms with van der Waals surface area (Å²) in [4.78, 5) is 41.3. The Hall–Kier alpha value is -2.67. The van der Waals surface area contributed by atoms with Crippen LogP contribution in [0.3, 0.4) is 0 Å². The minimum absolute atomic E-state index is 0.111. The van der Waals surface area contributed by atoms with Gasteiger partial charge in [0.05, 0.1) is 5.56 Å². The number of carbonyl (C=O) groups is 3. The number of nitrogens with zero attached hydrogens (tertiary/aromatic N) is 2. The summed E-state index contributed by atoms with van der Waals surface area (Å²) in [5.41, 5.74) is 1.31. The highest BCUT2D eigenvalue weighted by molar-refractivity contribution is 9.10. The van der Waals surface area contributed by atoms with Crippen molar-refractivity contribution in [3.05, 3.63) is 69.7 Å². The molecule has 1 heterocycles. The van der Waals surface area contributed by atoms with Crippen LogP contribution in [0.15, 0.2) is 53.0 Å². The Morgan fingerprint density at radius 2 is 1.46 bits per heavy atom. The third-order valence-corrected chi connectivity index (χ3v) is 5.22. The Labute approximate surface area is 172 Å². The lowest BCUT2D eigenvalue weighted by molar-refractivity contribution is 0.0662. The van der Waals surface area contributed by atoms with E-state index in [2.05, 4.69) is 21.2 Å². The van der Waals surface area contributed by atoms with Gasteiger partial charge in [-0.2, -0.15) is 0 Å². The van der Waals surface area contributed by atoms with Crippen LogP contribution in [0.4, 0.5) is 4.79 Å². The minimum atomic E-state index is -0.184. The summed E-state index contributed by atoms with van der Waals surface area (Å²) in [5.74, 6) is -0.367. The van der Waals surface area contributed by atoms with Crippen LogP contribution in [0, 0.1) is 0 Å². The quantitative estimate of drug-likeness (QED) is 0.737. The third kappa shape index (κ3) is 4.42. The van der Waals surface area contributed by atoms with Crippen molar-refractivity contribution in [3.63, 3.8) is 0 Å². The number of piperazine rings is 1. The largest absolute Gasteiger partial charge is 0.338 e. The van der Waals surface area contributed by atoms with Crippen molar-refractivity contribution in [1.82, 2.24) is 15.1 Å². The molecule has 2 aromatic carbocycles. The van der Waals surface area contributed by atoms with E-state index in [1.807, 2.05) is 6.92 Å². The molecule has 2 aromatic rings. The normalized spacial score (nSPS) is 13.9. The molecule has 0 spiro atoms. The highest BCUT2D eigenvalue weighted by Crippen LogP contribution is 2.19. The van der Waals surface area contributed by atoms with Gasteiger partial charge in [-0.1, -0.05) is 34.1 Å². The van der Waals surface area contributed by atoms with Crippen molar-refractivity contribution in [2.75, 3.05) is 32.7 Å². The first kappa shape index (κ1) is 20.1. The monoisotopic (exact) mass is 443 g/mol. The van der Waals surface area contributed by atoms with E-state index in [0.717, 1.165) is 4.47 Å². The summed E-state index contributed by atoms with van der Waals surface area (Å²) in [5, 5.41) is 2.77. The molecule has 3 rings (SSSR count). The van der Waals surface area contributed by atoms with Crippen LogP contribution in [-0.4, -0.2) is 60.2 Å². The predicted molar refractivity (Wildman–Crippen MR) is 111 cm³/mol. The summed E-state index contributed by atoms with van der Waals surface area (Å²) < 4.78 is 0.887. The summed E-state index contributed by atoms with van der Waals surface area (Å²) in [6.45, 7) is 4.27. The van der Waals surface area contributed by atoms with Crippen molar-refractivity contribution in [1.29, 1.82) is 0 Å². The Kier molecular flexibility index (Phi) is 6.46. The molecule has 0 aromatic heterocycles. The van der Waals surface area contributed by atoms with Crippen molar-refractivity contribution < 1.29 is 14.4 Å². The van der Waals surface area contributed by atoms with Gasteiger partial charge in [-0.05, 0) is 37.3 Å². The van der Waals surface area contributed by atoms with Gasteiger partial charge in [0.1, 0.15) is 0 Å². The highest BCUT2D eigenvalue weighted by atomic mass is 79.9. The van der Waals surface area contributed by atoms with Gasteiger partial charge in [0.2, 0.25) is 0 Å². The number of benzene rings is 2. The van der Waals surface area contributed by atoms with Crippen LogP contribution < -0.4 is 5.32 Å². The summed E-state index contributed by atoms with van der Waals surface area (Å²) in [6, 6.07) is 13.9. The molecule has 0 unspecified atom stereocenters. The van der Waals surface area contributed by atoms with Gasteiger partial charge in [-0.25, -0.2) is 4.79 Å². The fourth-order valence-electron chi connectivity index (χ4n) is 3.17. The van der Waals surface area contributed by atoms with Gasteiger partial charge in [0, 0.05) is 48.3 Å². The van der Waals surface area contributed by atoms with Crippen molar-refractivity contribution in [3.8, 4) is 0 Å². The average molecular weight is 444 g/mol. The van der Waals surface area contributed by atoms with Crippen LogP contribution in [0.2, 0.25) is 0 Å². The number of ketones is 1. The van der Waals surface area contributed by atoms with Crippen LogP contribution in [0.1, 0.15) is 33.2 Å². The minimum Gasteiger partial charge on any atom is -0.338 e. The molecular formula is C21H22BrN3O3. The van der Waals surface area contributed by atoms with E-state index in [4.69, 9.17) is 0 Å². The number of carbonyl (C=O) groups excluding carboxylic acids is 3. The molecule has 28 heavy (non-hydrogen) atoms. The van der Waals surface area contributed by atoms with Gasteiger partial charge < -0.3 is 15.1 Å². The Bertz CT molecular complexity index is 875. The Morgan fingerprint density at radius 3 is 2.07 bits per heavy atom. The Balaban J connectivity index is 1.76. The molecule has 0 bridgehead atoms. The predicted octanol–water partition coefficient (Wildman–Crippen LogP) is 3.17. The number of hydrogen-bond donors (Lipinski definition) is 1.